The average molecular weight is 455 g/mol. The molecule has 0 aliphatic heterocycles. The Morgan fingerprint density at radius 1 is 0.909 bits per heavy atom. The van der Waals surface area contributed by atoms with Gasteiger partial charge in [0.2, 0.25) is 0 Å². The molecule has 0 amide bonds. The van der Waals surface area contributed by atoms with Gasteiger partial charge in [-0.25, -0.2) is 0 Å². The molecule has 2 rings (SSSR count). The lowest BCUT2D eigenvalue weighted by Gasteiger charge is -2.23. The first-order valence-electron chi connectivity index (χ1n) is 11.6. The predicted molar refractivity (Wildman–Crippen MR) is 134 cm³/mol. The highest BCUT2D eigenvalue weighted by Crippen LogP contribution is 2.25. The molecule has 1 atom stereocenters. The van der Waals surface area contributed by atoms with Crippen LogP contribution in [0.15, 0.2) is 55.1 Å². The summed E-state index contributed by atoms with van der Waals surface area (Å²) < 4.78 is 22.0. The van der Waals surface area contributed by atoms with Crippen molar-refractivity contribution in [1.82, 2.24) is 0 Å². The van der Waals surface area contributed by atoms with Gasteiger partial charge in [0.15, 0.2) is 13.6 Å². The van der Waals surface area contributed by atoms with Crippen molar-refractivity contribution >= 4 is 12.2 Å². The van der Waals surface area contributed by atoms with Crippen LogP contribution in [0.2, 0.25) is 0 Å². The Hall–Kier alpha value is -2.60. The van der Waals surface area contributed by atoms with Gasteiger partial charge in [0.1, 0.15) is 11.5 Å². The number of unbranched alkanes of at least 4 members (excludes halogenated alkanes) is 1. The lowest BCUT2D eigenvalue weighted by atomic mass is 9.90. The van der Waals surface area contributed by atoms with Gasteiger partial charge >= 0.3 is 0 Å². The van der Waals surface area contributed by atoms with Gasteiger partial charge in [-0.1, -0.05) is 42.5 Å². The third kappa shape index (κ3) is 10.7. The summed E-state index contributed by atoms with van der Waals surface area (Å²) in [7, 11) is 0. The van der Waals surface area contributed by atoms with Crippen LogP contribution in [0, 0.1) is 0 Å². The van der Waals surface area contributed by atoms with Crippen LogP contribution in [0.5, 0.6) is 11.5 Å². The number of hydrogen-bond acceptors (Lipinski definition) is 5. The van der Waals surface area contributed by atoms with E-state index in [4.69, 9.17) is 18.9 Å². The zero-order chi connectivity index (χ0) is 23.9. The first-order valence-corrected chi connectivity index (χ1v) is 11.6. The summed E-state index contributed by atoms with van der Waals surface area (Å²) in [6, 6.07) is 13.9. The molecule has 0 saturated carbocycles. The molecule has 0 radical (unpaired) electrons. The fraction of sp³-hybridized carbons (Fsp3) is 0.429. The van der Waals surface area contributed by atoms with E-state index in [1.165, 1.54) is 0 Å². The zero-order valence-electron chi connectivity index (χ0n) is 20.2. The fourth-order valence-corrected chi connectivity index (χ4v) is 3.40. The number of benzene rings is 2. The normalized spacial score (nSPS) is 13.1. The second-order valence-corrected chi connectivity index (χ2v) is 8.18. The van der Waals surface area contributed by atoms with Crippen LogP contribution in [0.25, 0.3) is 12.2 Å². The van der Waals surface area contributed by atoms with Gasteiger partial charge in [-0.2, -0.15) is 0 Å². The largest absolute Gasteiger partial charge is 0.467 e. The minimum Gasteiger partial charge on any atom is -0.467 e. The van der Waals surface area contributed by atoms with E-state index in [1.54, 1.807) is 0 Å². The molecular weight excluding hydrogens is 416 g/mol. The van der Waals surface area contributed by atoms with E-state index in [2.05, 4.69) is 18.7 Å². The second kappa shape index (κ2) is 14.5. The Morgan fingerprint density at radius 3 is 2.15 bits per heavy atom. The average Bonchev–Trinajstić information content (AvgIpc) is 2.78. The minimum atomic E-state index is -0.732. The number of rotatable bonds is 16. The number of ether oxygens (including phenoxy) is 4. The topological polar surface area (TPSA) is 57.2 Å². The number of aliphatic hydroxyl groups is 1. The van der Waals surface area contributed by atoms with Crippen LogP contribution in [0.4, 0.5) is 0 Å². The molecule has 2 aromatic rings. The van der Waals surface area contributed by atoms with Gasteiger partial charge in [0, 0.05) is 25.7 Å². The zero-order valence-corrected chi connectivity index (χ0v) is 20.2. The van der Waals surface area contributed by atoms with Crippen LogP contribution >= 0.6 is 0 Å². The molecule has 0 saturated heterocycles. The molecule has 1 unspecified atom stereocenters. The van der Waals surface area contributed by atoms with Crippen LogP contribution in [0.1, 0.15) is 56.7 Å². The van der Waals surface area contributed by atoms with Crippen molar-refractivity contribution in [1.29, 1.82) is 0 Å². The van der Waals surface area contributed by atoms with Crippen molar-refractivity contribution in [2.45, 2.75) is 52.1 Å². The Balaban J connectivity index is 2.12. The van der Waals surface area contributed by atoms with Gasteiger partial charge in [-0.05, 0) is 68.9 Å². The van der Waals surface area contributed by atoms with E-state index in [9.17, 15) is 5.11 Å². The summed E-state index contributed by atoms with van der Waals surface area (Å²) in [5, 5.41) is 10.7. The van der Waals surface area contributed by atoms with E-state index >= 15 is 0 Å². The molecule has 1 N–H and O–H groups in total. The SMILES string of the molecule is C=CCCCC(C)(O)Cc1cccc(C=Cc2cc(OCOCC)cc(OCOCC)c2)c1. The summed E-state index contributed by atoms with van der Waals surface area (Å²) in [6.07, 6.45) is 9.17. The quantitative estimate of drug-likeness (QED) is 0.141. The monoisotopic (exact) mass is 454 g/mol. The number of hydrogen-bond donors (Lipinski definition) is 1. The summed E-state index contributed by atoms with van der Waals surface area (Å²) in [4.78, 5) is 0. The van der Waals surface area contributed by atoms with Crippen molar-refractivity contribution in [2.75, 3.05) is 26.8 Å². The van der Waals surface area contributed by atoms with Gasteiger partial charge in [0.25, 0.3) is 0 Å². The molecule has 0 spiro atoms. The van der Waals surface area contributed by atoms with Crippen LogP contribution in [0.3, 0.4) is 0 Å². The smallest absolute Gasteiger partial charge is 0.189 e. The molecule has 0 bridgehead atoms. The summed E-state index contributed by atoms with van der Waals surface area (Å²) in [5.41, 5.74) is 2.38. The van der Waals surface area contributed by atoms with Crippen molar-refractivity contribution < 1.29 is 24.1 Å². The molecule has 2 aromatic carbocycles. The number of allylic oxidation sites excluding steroid dienone is 1. The first-order chi connectivity index (χ1) is 16.0. The molecule has 180 valence electrons. The van der Waals surface area contributed by atoms with E-state index in [0.717, 1.165) is 36.0 Å². The van der Waals surface area contributed by atoms with E-state index < -0.39 is 5.60 Å². The van der Waals surface area contributed by atoms with E-state index in [0.29, 0.717) is 31.1 Å². The maximum atomic E-state index is 10.7. The molecule has 33 heavy (non-hydrogen) atoms. The van der Waals surface area contributed by atoms with Crippen LogP contribution in [-0.4, -0.2) is 37.5 Å². The predicted octanol–water partition coefficient (Wildman–Crippen LogP) is 6.25. The Morgan fingerprint density at radius 2 is 1.55 bits per heavy atom. The third-order valence-electron chi connectivity index (χ3n) is 5.06. The Kier molecular flexibility index (Phi) is 11.7. The molecular formula is C28H38O5. The standard InChI is InChI=1S/C28H38O5/c1-5-8-9-15-28(4,29)20-25-12-10-11-23(16-25)13-14-24-17-26(32-21-30-6-2)19-27(18-24)33-22-31-7-3/h5,10-14,16-19,29H,1,6-9,15,20-22H2,2-4H3. The van der Waals surface area contributed by atoms with Crippen molar-refractivity contribution in [3.8, 4) is 11.5 Å². The summed E-state index contributed by atoms with van der Waals surface area (Å²) >= 11 is 0. The van der Waals surface area contributed by atoms with Gasteiger partial charge < -0.3 is 24.1 Å². The molecule has 0 aliphatic rings. The van der Waals surface area contributed by atoms with E-state index in [1.807, 2.05) is 69.3 Å². The fourth-order valence-electron chi connectivity index (χ4n) is 3.40. The molecule has 0 fully saturated rings. The first kappa shape index (κ1) is 26.7. The van der Waals surface area contributed by atoms with Crippen LogP contribution in [-0.2, 0) is 15.9 Å². The summed E-state index contributed by atoms with van der Waals surface area (Å²) in [6.45, 7) is 11.0. The van der Waals surface area contributed by atoms with Gasteiger partial charge in [-0.15, -0.1) is 6.58 Å². The van der Waals surface area contributed by atoms with Gasteiger partial charge in [0.05, 0.1) is 5.60 Å². The van der Waals surface area contributed by atoms with Gasteiger partial charge in [-0.3, -0.25) is 0 Å². The molecule has 0 aliphatic carbocycles. The van der Waals surface area contributed by atoms with E-state index in [-0.39, 0.29) is 13.6 Å². The highest BCUT2D eigenvalue weighted by atomic mass is 16.7. The highest BCUT2D eigenvalue weighted by molar-refractivity contribution is 5.71. The lowest BCUT2D eigenvalue weighted by molar-refractivity contribution is 0.0182. The lowest BCUT2D eigenvalue weighted by Crippen LogP contribution is -2.26. The maximum absolute atomic E-state index is 10.7. The van der Waals surface area contributed by atoms with Crippen molar-refractivity contribution in [3.05, 3.63) is 71.8 Å². The van der Waals surface area contributed by atoms with Crippen molar-refractivity contribution in [3.63, 3.8) is 0 Å². The highest BCUT2D eigenvalue weighted by Gasteiger charge is 2.20. The van der Waals surface area contributed by atoms with Crippen LogP contribution < -0.4 is 9.47 Å². The third-order valence-corrected chi connectivity index (χ3v) is 5.06. The van der Waals surface area contributed by atoms with Crippen molar-refractivity contribution in [2.24, 2.45) is 0 Å². The Bertz CT molecular complexity index is 844. The molecule has 5 heteroatoms. The minimum absolute atomic E-state index is 0.184. The molecule has 0 aromatic heterocycles. The molecule has 5 nitrogen and oxygen atoms in total. The molecule has 0 heterocycles. The maximum Gasteiger partial charge on any atom is 0.189 e. The summed E-state index contributed by atoms with van der Waals surface area (Å²) in [5.74, 6) is 1.34. The Labute approximate surface area is 198 Å². The second-order valence-electron chi connectivity index (χ2n) is 8.18.